The van der Waals surface area contributed by atoms with Crippen molar-refractivity contribution in [2.45, 2.75) is 26.7 Å². The SMILES string of the molecule is CCC(CC)C(=O)NCCOc1ccc(Br)cc1. The number of ether oxygens (including phenoxy) is 1. The lowest BCUT2D eigenvalue weighted by Gasteiger charge is -2.13. The van der Waals surface area contributed by atoms with E-state index in [4.69, 9.17) is 4.74 Å². The minimum atomic E-state index is 0.123. The molecule has 0 aliphatic heterocycles. The Balaban J connectivity index is 2.22. The maximum absolute atomic E-state index is 11.7. The average Bonchev–Trinajstić information content (AvgIpc) is 2.38. The summed E-state index contributed by atoms with van der Waals surface area (Å²) >= 11 is 3.37. The van der Waals surface area contributed by atoms with Gasteiger partial charge in [-0.05, 0) is 37.1 Å². The van der Waals surface area contributed by atoms with Crippen molar-refractivity contribution < 1.29 is 9.53 Å². The van der Waals surface area contributed by atoms with E-state index in [0.29, 0.717) is 13.2 Å². The number of halogens is 1. The van der Waals surface area contributed by atoms with E-state index in [1.54, 1.807) is 0 Å². The van der Waals surface area contributed by atoms with Crippen molar-refractivity contribution in [3.8, 4) is 5.75 Å². The van der Waals surface area contributed by atoms with Crippen LogP contribution < -0.4 is 10.1 Å². The molecule has 0 aliphatic rings. The van der Waals surface area contributed by atoms with Gasteiger partial charge < -0.3 is 10.1 Å². The van der Waals surface area contributed by atoms with Gasteiger partial charge in [0.05, 0.1) is 6.54 Å². The fraction of sp³-hybridized carbons (Fsp3) is 0.500. The number of nitrogens with one attached hydrogen (secondary N) is 1. The number of hydrogen-bond donors (Lipinski definition) is 1. The molecule has 100 valence electrons. The molecule has 0 spiro atoms. The zero-order chi connectivity index (χ0) is 13.4. The standard InChI is InChI=1S/C14H20BrNO2/c1-3-11(4-2)14(17)16-9-10-18-13-7-5-12(15)6-8-13/h5-8,11H,3-4,9-10H2,1-2H3,(H,16,17). The highest BCUT2D eigenvalue weighted by Gasteiger charge is 2.12. The van der Waals surface area contributed by atoms with Crippen LogP contribution in [-0.2, 0) is 4.79 Å². The van der Waals surface area contributed by atoms with E-state index in [1.165, 1.54) is 0 Å². The highest BCUT2D eigenvalue weighted by molar-refractivity contribution is 9.10. The summed E-state index contributed by atoms with van der Waals surface area (Å²) in [6.07, 6.45) is 1.77. The Labute approximate surface area is 117 Å². The van der Waals surface area contributed by atoms with Gasteiger partial charge in [0.25, 0.3) is 0 Å². The number of benzene rings is 1. The van der Waals surface area contributed by atoms with Crippen molar-refractivity contribution in [3.05, 3.63) is 28.7 Å². The average molecular weight is 314 g/mol. The van der Waals surface area contributed by atoms with Gasteiger partial charge in [0, 0.05) is 10.4 Å². The van der Waals surface area contributed by atoms with Crippen molar-refractivity contribution >= 4 is 21.8 Å². The molecule has 18 heavy (non-hydrogen) atoms. The molecule has 0 saturated carbocycles. The third-order valence-electron chi connectivity index (χ3n) is 2.84. The fourth-order valence-electron chi connectivity index (χ4n) is 1.68. The molecule has 4 heteroatoms. The molecule has 0 aliphatic carbocycles. The van der Waals surface area contributed by atoms with E-state index in [0.717, 1.165) is 23.1 Å². The maximum atomic E-state index is 11.7. The van der Waals surface area contributed by atoms with Crippen LogP contribution in [0.25, 0.3) is 0 Å². The second-order valence-electron chi connectivity index (χ2n) is 4.11. The van der Waals surface area contributed by atoms with Crippen LogP contribution in [0.15, 0.2) is 28.7 Å². The minimum absolute atomic E-state index is 0.123. The first-order valence-corrected chi connectivity index (χ1v) is 7.12. The molecule has 3 nitrogen and oxygen atoms in total. The van der Waals surface area contributed by atoms with Crippen molar-refractivity contribution in [1.29, 1.82) is 0 Å². The first-order valence-electron chi connectivity index (χ1n) is 6.33. The number of carbonyl (C=O) groups excluding carboxylic acids is 1. The molecule has 0 heterocycles. The molecule has 1 rings (SSSR count). The molecule has 1 amide bonds. The van der Waals surface area contributed by atoms with Gasteiger partial charge in [-0.15, -0.1) is 0 Å². The molecule has 0 saturated heterocycles. The molecule has 1 aromatic carbocycles. The number of carbonyl (C=O) groups is 1. The summed E-state index contributed by atoms with van der Waals surface area (Å²) < 4.78 is 6.55. The number of rotatable bonds is 7. The smallest absolute Gasteiger partial charge is 0.223 e. The van der Waals surface area contributed by atoms with Crippen LogP contribution >= 0.6 is 15.9 Å². The van der Waals surface area contributed by atoms with Crippen LogP contribution in [0.3, 0.4) is 0 Å². The van der Waals surface area contributed by atoms with Crippen molar-refractivity contribution in [3.63, 3.8) is 0 Å². The third kappa shape index (κ3) is 5.08. The van der Waals surface area contributed by atoms with E-state index in [2.05, 4.69) is 21.2 Å². The Kier molecular flexibility index (Phi) is 6.80. The normalized spacial score (nSPS) is 10.4. The number of hydrogen-bond acceptors (Lipinski definition) is 2. The van der Waals surface area contributed by atoms with Gasteiger partial charge in [0.1, 0.15) is 12.4 Å². The Morgan fingerprint density at radius 3 is 2.44 bits per heavy atom. The van der Waals surface area contributed by atoms with Gasteiger partial charge in [-0.3, -0.25) is 4.79 Å². The van der Waals surface area contributed by atoms with Crippen LogP contribution in [0.1, 0.15) is 26.7 Å². The molecule has 1 aromatic rings. The first kappa shape index (κ1) is 15.0. The van der Waals surface area contributed by atoms with Crippen LogP contribution in [0, 0.1) is 5.92 Å². The van der Waals surface area contributed by atoms with Gasteiger partial charge in [0.15, 0.2) is 0 Å². The molecule has 0 fully saturated rings. The zero-order valence-corrected chi connectivity index (χ0v) is 12.5. The van der Waals surface area contributed by atoms with Crippen LogP contribution in [0.5, 0.6) is 5.75 Å². The van der Waals surface area contributed by atoms with E-state index in [9.17, 15) is 4.79 Å². The summed E-state index contributed by atoms with van der Waals surface area (Å²) in [4.78, 5) is 11.7. The summed E-state index contributed by atoms with van der Waals surface area (Å²) in [5, 5.41) is 2.89. The van der Waals surface area contributed by atoms with Gasteiger partial charge in [-0.25, -0.2) is 0 Å². The van der Waals surface area contributed by atoms with Crippen LogP contribution in [0.2, 0.25) is 0 Å². The monoisotopic (exact) mass is 313 g/mol. The second-order valence-corrected chi connectivity index (χ2v) is 5.02. The van der Waals surface area contributed by atoms with E-state index < -0.39 is 0 Å². The summed E-state index contributed by atoms with van der Waals surface area (Å²) in [6, 6.07) is 7.65. The highest BCUT2D eigenvalue weighted by Crippen LogP contribution is 2.15. The topological polar surface area (TPSA) is 38.3 Å². The predicted molar refractivity (Wildman–Crippen MR) is 76.7 cm³/mol. The molecule has 0 aromatic heterocycles. The third-order valence-corrected chi connectivity index (χ3v) is 3.37. The minimum Gasteiger partial charge on any atom is -0.492 e. The fourth-order valence-corrected chi connectivity index (χ4v) is 1.94. The molecule has 0 radical (unpaired) electrons. The van der Waals surface area contributed by atoms with E-state index in [1.807, 2.05) is 38.1 Å². The Bertz CT molecular complexity index is 361. The predicted octanol–water partition coefficient (Wildman–Crippen LogP) is 3.38. The first-order chi connectivity index (χ1) is 8.67. The van der Waals surface area contributed by atoms with E-state index >= 15 is 0 Å². The highest BCUT2D eigenvalue weighted by atomic mass is 79.9. The van der Waals surface area contributed by atoms with Gasteiger partial charge in [-0.2, -0.15) is 0 Å². The van der Waals surface area contributed by atoms with Crippen molar-refractivity contribution in [1.82, 2.24) is 5.32 Å². The summed E-state index contributed by atoms with van der Waals surface area (Å²) in [6.45, 7) is 5.11. The Morgan fingerprint density at radius 2 is 1.89 bits per heavy atom. The Hall–Kier alpha value is -1.03. The molecule has 0 bridgehead atoms. The van der Waals surface area contributed by atoms with Gasteiger partial charge in [-0.1, -0.05) is 29.8 Å². The lowest BCUT2D eigenvalue weighted by molar-refractivity contribution is -0.125. The molecule has 0 unspecified atom stereocenters. The second kappa shape index (κ2) is 8.14. The number of amides is 1. The summed E-state index contributed by atoms with van der Waals surface area (Å²) in [7, 11) is 0. The van der Waals surface area contributed by atoms with Crippen molar-refractivity contribution in [2.75, 3.05) is 13.2 Å². The van der Waals surface area contributed by atoms with E-state index in [-0.39, 0.29) is 11.8 Å². The van der Waals surface area contributed by atoms with Gasteiger partial charge >= 0.3 is 0 Å². The quantitative estimate of drug-likeness (QED) is 0.784. The van der Waals surface area contributed by atoms with Crippen molar-refractivity contribution in [2.24, 2.45) is 5.92 Å². The van der Waals surface area contributed by atoms with Gasteiger partial charge in [0.2, 0.25) is 5.91 Å². The Morgan fingerprint density at radius 1 is 1.28 bits per heavy atom. The molecular formula is C14H20BrNO2. The maximum Gasteiger partial charge on any atom is 0.223 e. The lowest BCUT2D eigenvalue weighted by Crippen LogP contribution is -2.33. The molecular weight excluding hydrogens is 294 g/mol. The van der Waals surface area contributed by atoms with Crippen LogP contribution in [-0.4, -0.2) is 19.1 Å². The summed E-state index contributed by atoms with van der Waals surface area (Å²) in [5.74, 6) is 1.06. The lowest BCUT2D eigenvalue weighted by atomic mass is 10.0. The molecule has 0 atom stereocenters. The van der Waals surface area contributed by atoms with Crippen LogP contribution in [0.4, 0.5) is 0 Å². The zero-order valence-electron chi connectivity index (χ0n) is 10.9. The molecule has 1 N–H and O–H groups in total. The largest absolute Gasteiger partial charge is 0.492 e. The summed E-state index contributed by atoms with van der Waals surface area (Å²) in [5.41, 5.74) is 0.